The smallest absolute Gasteiger partial charge is 0.326 e. The summed E-state index contributed by atoms with van der Waals surface area (Å²) in [5.74, 6) is -2.35. The zero-order valence-electron chi connectivity index (χ0n) is 15.5. The number of aliphatic hydroxyl groups excluding tert-OH is 1. The van der Waals surface area contributed by atoms with Crippen molar-refractivity contribution < 1.29 is 29.4 Å². The second-order valence-corrected chi connectivity index (χ2v) is 7.29. The molecule has 154 valence electrons. The van der Waals surface area contributed by atoms with Crippen LogP contribution < -0.4 is 21.3 Å². The molecule has 1 rings (SSSR count). The van der Waals surface area contributed by atoms with Crippen LogP contribution in [0.5, 0.6) is 0 Å². The van der Waals surface area contributed by atoms with Gasteiger partial charge in [0.15, 0.2) is 0 Å². The Labute approximate surface area is 162 Å². The second-order valence-electron chi connectivity index (χ2n) is 6.30. The third kappa shape index (κ3) is 7.73. The van der Waals surface area contributed by atoms with Crippen LogP contribution in [-0.4, -0.2) is 83.2 Å². The fourth-order valence-corrected chi connectivity index (χ4v) is 3.02. The van der Waals surface area contributed by atoms with Crippen molar-refractivity contribution in [2.24, 2.45) is 0 Å². The Morgan fingerprint density at radius 3 is 2.37 bits per heavy atom. The van der Waals surface area contributed by atoms with Crippen LogP contribution in [0.15, 0.2) is 0 Å². The summed E-state index contributed by atoms with van der Waals surface area (Å²) in [5, 5.41) is 28.7. The Hall–Kier alpha value is -1.85. The molecule has 0 radical (unpaired) electrons. The Morgan fingerprint density at radius 1 is 1.15 bits per heavy atom. The highest BCUT2D eigenvalue weighted by atomic mass is 32.2. The van der Waals surface area contributed by atoms with Crippen molar-refractivity contribution in [3.8, 4) is 0 Å². The molecule has 0 bridgehead atoms. The Balaban J connectivity index is 2.54. The third-order valence-electron chi connectivity index (χ3n) is 4.17. The van der Waals surface area contributed by atoms with Crippen LogP contribution in [0.25, 0.3) is 0 Å². The Morgan fingerprint density at radius 2 is 1.85 bits per heavy atom. The van der Waals surface area contributed by atoms with Crippen LogP contribution in [-0.2, 0) is 19.2 Å². The molecule has 1 saturated heterocycles. The predicted molar refractivity (Wildman–Crippen MR) is 100 cm³/mol. The number of carbonyl (C=O) groups is 4. The summed E-state index contributed by atoms with van der Waals surface area (Å²) in [6.07, 6.45) is 3.59. The number of aliphatic hydroxyl groups is 1. The Bertz CT molecular complexity index is 541. The van der Waals surface area contributed by atoms with Crippen molar-refractivity contribution in [1.29, 1.82) is 0 Å². The summed E-state index contributed by atoms with van der Waals surface area (Å²) in [4.78, 5) is 47.6. The normalized spacial score (nSPS) is 19.6. The van der Waals surface area contributed by atoms with Gasteiger partial charge in [-0.1, -0.05) is 0 Å². The van der Waals surface area contributed by atoms with E-state index in [0.29, 0.717) is 18.7 Å². The van der Waals surface area contributed by atoms with Gasteiger partial charge in [0.1, 0.15) is 18.1 Å². The zero-order valence-corrected chi connectivity index (χ0v) is 16.3. The number of aliphatic carboxylic acids is 1. The first kappa shape index (κ1) is 23.2. The third-order valence-corrected chi connectivity index (χ3v) is 4.81. The predicted octanol–water partition coefficient (Wildman–Crippen LogP) is -1.96. The first-order valence-corrected chi connectivity index (χ1v) is 10.2. The van der Waals surface area contributed by atoms with Crippen molar-refractivity contribution in [2.75, 3.05) is 25.2 Å². The summed E-state index contributed by atoms with van der Waals surface area (Å²) >= 11 is 1.46. The summed E-state index contributed by atoms with van der Waals surface area (Å²) in [7, 11) is 0. The molecule has 0 aliphatic carbocycles. The fourth-order valence-electron chi connectivity index (χ4n) is 2.54. The van der Waals surface area contributed by atoms with E-state index in [1.807, 2.05) is 6.26 Å². The van der Waals surface area contributed by atoms with Gasteiger partial charge in [-0.15, -0.1) is 0 Å². The highest BCUT2D eigenvalue weighted by Crippen LogP contribution is 2.05. The van der Waals surface area contributed by atoms with Gasteiger partial charge < -0.3 is 31.5 Å². The molecule has 27 heavy (non-hydrogen) atoms. The van der Waals surface area contributed by atoms with Gasteiger partial charge in [-0.05, 0) is 44.7 Å². The minimum Gasteiger partial charge on any atom is -0.480 e. The van der Waals surface area contributed by atoms with Crippen LogP contribution in [0.1, 0.15) is 26.2 Å². The van der Waals surface area contributed by atoms with Gasteiger partial charge >= 0.3 is 5.97 Å². The summed E-state index contributed by atoms with van der Waals surface area (Å²) in [5.41, 5.74) is 0. The maximum atomic E-state index is 12.2. The maximum Gasteiger partial charge on any atom is 0.326 e. The molecule has 1 heterocycles. The Kier molecular flexibility index (Phi) is 10.1. The number of thioether (sulfide) groups is 1. The highest BCUT2D eigenvalue weighted by molar-refractivity contribution is 7.98. The van der Waals surface area contributed by atoms with Gasteiger partial charge in [0.2, 0.25) is 17.7 Å². The van der Waals surface area contributed by atoms with Crippen LogP contribution in [0.4, 0.5) is 0 Å². The zero-order chi connectivity index (χ0) is 20.4. The standard InChI is InChI=1S/C16H28N4O6S/c1-9(13(22)19-11(16(25)26)5-7-27-2)18-15(24)12(8-21)20-14(23)10-4-3-6-17-10/h9-12,17,21H,3-8H2,1-2H3,(H,18,24)(H,19,22)(H,20,23)(H,25,26). The van der Waals surface area contributed by atoms with Gasteiger partial charge in [-0.2, -0.15) is 11.8 Å². The van der Waals surface area contributed by atoms with E-state index in [-0.39, 0.29) is 12.3 Å². The number of carboxylic acids is 1. The lowest BCUT2D eigenvalue weighted by molar-refractivity contribution is -0.142. The first-order chi connectivity index (χ1) is 12.8. The van der Waals surface area contributed by atoms with Gasteiger partial charge in [0.05, 0.1) is 12.6 Å². The summed E-state index contributed by atoms with van der Waals surface area (Å²) < 4.78 is 0. The van der Waals surface area contributed by atoms with Crippen LogP contribution in [0, 0.1) is 0 Å². The van der Waals surface area contributed by atoms with Crippen molar-refractivity contribution in [3.05, 3.63) is 0 Å². The van der Waals surface area contributed by atoms with Crippen molar-refractivity contribution in [1.82, 2.24) is 21.3 Å². The molecule has 1 aliphatic heterocycles. The monoisotopic (exact) mass is 404 g/mol. The minimum atomic E-state index is -1.19. The lowest BCUT2D eigenvalue weighted by atomic mass is 10.1. The molecule has 0 spiro atoms. The molecule has 1 fully saturated rings. The number of nitrogens with one attached hydrogen (secondary N) is 4. The van der Waals surface area contributed by atoms with Gasteiger partial charge in [-0.3, -0.25) is 14.4 Å². The molecular weight excluding hydrogens is 376 g/mol. The molecular formula is C16H28N4O6S. The molecule has 4 atom stereocenters. The first-order valence-electron chi connectivity index (χ1n) is 8.77. The van der Waals surface area contributed by atoms with Gasteiger partial charge in [-0.25, -0.2) is 4.79 Å². The van der Waals surface area contributed by atoms with E-state index in [1.54, 1.807) is 0 Å². The van der Waals surface area contributed by atoms with E-state index in [9.17, 15) is 24.3 Å². The largest absolute Gasteiger partial charge is 0.480 e. The van der Waals surface area contributed by atoms with Crippen molar-refractivity contribution >= 4 is 35.5 Å². The summed E-state index contributed by atoms with van der Waals surface area (Å²) in [6, 6.07) is -3.67. The molecule has 0 saturated carbocycles. The molecule has 0 aromatic rings. The van der Waals surface area contributed by atoms with Gasteiger partial charge in [0, 0.05) is 0 Å². The average Bonchev–Trinajstić information content (AvgIpc) is 3.17. The molecule has 11 heteroatoms. The van der Waals surface area contributed by atoms with E-state index in [2.05, 4.69) is 21.3 Å². The number of hydrogen-bond acceptors (Lipinski definition) is 7. The summed E-state index contributed by atoms with van der Waals surface area (Å²) in [6.45, 7) is 1.49. The van der Waals surface area contributed by atoms with Crippen LogP contribution in [0.3, 0.4) is 0 Å². The molecule has 10 nitrogen and oxygen atoms in total. The van der Waals surface area contributed by atoms with E-state index in [0.717, 1.165) is 6.42 Å². The van der Waals surface area contributed by atoms with E-state index in [1.165, 1.54) is 18.7 Å². The molecule has 0 aromatic heterocycles. The lowest BCUT2D eigenvalue weighted by Crippen LogP contribution is -2.57. The topological polar surface area (TPSA) is 157 Å². The average molecular weight is 404 g/mol. The maximum absolute atomic E-state index is 12.2. The fraction of sp³-hybridized carbons (Fsp3) is 0.750. The number of carbonyl (C=O) groups excluding carboxylic acids is 3. The molecule has 1 aliphatic rings. The second kappa shape index (κ2) is 11.8. The van der Waals surface area contributed by atoms with Gasteiger partial charge in [0.25, 0.3) is 0 Å². The van der Waals surface area contributed by atoms with E-state index < -0.39 is 48.6 Å². The molecule has 0 aromatic carbocycles. The van der Waals surface area contributed by atoms with Crippen molar-refractivity contribution in [3.63, 3.8) is 0 Å². The van der Waals surface area contributed by atoms with Crippen LogP contribution >= 0.6 is 11.8 Å². The minimum absolute atomic E-state index is 0.257. The van der Waals surface area contributed by atoms with Crippen LogP contribution in [0.2, 0.25) is 0 Å². The van der Waals surface area contributed by atoms with Crippen molar-refractivity contribution in [2.45, 2.75) is 50.4 Å². The number of rotatable bonds is 11. The lowest BCUT2D eigenvalue weighted by Gasteiger charge is -2.22. The molecule has 4 unspecified atom stereocenters. The number of hydrogen-bond donors (Lipinski definition) is 6. The highest BCUT2D eigenvalue weighted by Gasteiger charge is 2.29. The number of amides is 3. The van der Waals surface area contributed by atoms with E-state index >= 15 is 0 Å². The molecule has 3 amide bonds. The SMILES string of the molecule is CSCCC(NC(=O)C(C)NC(=O)C(CO)NC(=O)C1CCCN1)C(=O)O. The quantitative estimate of drug-likeness (QED) is 0.232. The molecule has 6 N–H and O–H groups in total. The number of carboxylic acid groups (broad SMARTS) is 1. The van der Waals surface area contributed by atoms with E-state index in [4.69, 9.17) is 5.11 Å².